The molecule has 8 heteroatoms. The van der Waals surface area contributed by atoms with E-state index in [1.54, 1.807) is 39.9 Å². The lowest BCUT2D eigenvalue weighted by atomic mass is 9.97. The number of alkyl carbamates (subject to hydrolysis) is 1. The molecule has 2 amide bonds. The first-order valence-electron chi connectivity index (χ1n) is 12.1. The fraction of sp³-hybridized carbons (Fsp3) is 0.429. The molecule has 1 unspecified atom stereocenters. The molecule has 4 rings (SSSR count). The summed E-state index contributed by atoms with van der Waals surface area (Å²) in [7, 11) is 5.19. The molecule has 1 aromatic heterocycles. The quantitative estimate of drug-likeness (QED) is 0.556. The van der Waals surface area contributed by atoms with E-state index in [2.05, 4.69) is 5.32 Å². The van der Waals surface area contributed by atoms with Gasteiger partial charge in [0.05, 0.1) is 14.2 Å². The zero-order valence-electron chi connectivity index (χ0n) is 21.9. The van der Waals surface area contributed by atoms with Crippen LogP contribution in [0.2, 0.25) is 0 Å². The van der Waals surface area contributed by atoms with Crippen LogP contribution in [0.25, 0.3) is 10.9 Å². The van der Waals surface area contributed by atoms with Gasteiger partial charge in [-0.3, -0.25) is 4.79 Å². The number of amides is 2. The molecule has 0 fully saturated rings. The van der Waals surface area contributed by atoms with Crippen molar-refractivity contribution in [1.82, 2.24) is 14.8 Å². The Morgan fingerprint density at radius 3 is 2.39 bits per heavy atom. The third-order valence-corrected chi connectivity index (χ3v) is 6.42. The molecule has 2 heterocycles. The first-order chi connectivity index (χ1) is 17.1. The molecule has 3 aromatic rings. The summed E-state index contributed by atoms with van der Waals surface area (Å²) in [5.41, 5.74) is 3.53. The topological polar surface area (TPSA) is 82.0 Å². The molecule has 1 N–H and O–H groups in total. The van der Waals surface area contributed by atoms with Gasteiger partial charge in [0.15, 0.2) is 11.5 Å². The number of carbonyl (C=O) groups is 2. The highest BCUT2D eigenvalue weighted by Crippen LogP contribution is 2.33. The van der Waals surface area contributed by atoms with Crippen LogP contribution in [0.5, 0.6) is 11.5 Å². The van der Waals surface area contributed by atoms with Crippen molar-refractivity contribution in [1.29, 1.82) is 0 Å². The summed E-state index contributed by atoms with van der Waals surface area (Å²) in [6, 6.07) is 11.2. The number of aryl methyl sites for hydroxylation is 1. The summed E-state index contributed by atoms with van der Waals surface area (Å²) >= 11 is 0. The van der Waals surface area contributed by atoms with Crippen molar-refractivity contribution in [3.63, 3.8) is 0 Å². The standard InChI is InChI=1S/C28H35N3O5/c1-28(2,3)36-27(33)29-22(13-20-16-30(4)23-10-8-7-9-21(20)23)26(32)31-12-11-18-14-24(34-5)25(35-6)15-19(18)17-31/h7-10,14-16,22H,11-13,17H2,1-6H3,(H,29,33). The van der Waals surface area contributed by atoms with Gasteiger partial charge in [-0.2, -0.15) is 0 Å². The van der Waals surface area contributed by atoms with Gasteiger partial charge in [0.1, 0.15) is 11.6 Å². The minimum absolute atomic E-state index is 0.144. The highest BCUT2D eigenvalue weighted by molar-refractivity contribution is 5.89. The molecule has 1 aliphatic rings. The second-order valence-corrected chi connectivity index (χ2v) is 10.2. The number of fused-ring (bicyclic) bond motifs is 2. The molecule has 0 saturated carbocycles. The summed E-state index contributed by atoms with van der Waals surface area (Å²) in [5, 5.41) is 3.91. The molecule has 0 saturated heterocycles. The highest BCUT2D eigenvalue weighted by atomic mass is 16.6. The lowest BCUT2D eigenvalue weighted by Gasteiger charge is -2.33. The minimum Gasteiger partial charge on any atom is -0.493 e. The van der Waals surface area contributed by atoms with Gasteiger partial charge in [-0.05, 0) is 62.1 Å². The van der Waals surface area contributed by atoms with Crippen molar-refractivity contribution in [2.75, 3.05) is 20.8 Å². The van der Waals surface area contributed by atoms with Crippen LogP contribution in [-0.4, -0.2) is 53.9 Å². The maximum atomic E-state index is 13.8. The number of methoxy groups -OCH3 is 2. The Morgan fingerprint density at radius 1 is 1.06 bits per heavy atom. The lowest BCUT2D eigenvalue weighted by Crippen LogP contribution is -2.51. The first kappa shape index (κ1) is 25.4. The number of ether oxygens (including phenoxy) is 3. The fourth-order valence-corrected chi connectivity index (χ4v) is 4.75. The van der Waals surface area contributed by atoms with Crippen molar-refractivity contribution in [2.45, 2.75) is 51.8 Å². The Bertz CT molecular complexity index is 1270. The Hall–Kier alpha value is -3.68. The third-order valence-electron chi connectivity index (χ3n) is 6.42. The molecule has 2 aromatic carbocycles. The van der Waals surface area contributed by atoms with Crippen LogP contribution in [0.3, 0.4) is 0 Å². The van der Waals surface area contributed by atoms with Crippen LogP contribution in [0.4, 0.5) is 4.79 Å². The second-order valence-electron chi connectivity index (χ2n) is 10.2. The maximum absolute atomic E-state index is 13.8. The predicted molar refractivity (Wildman–Crippen MR) is 138 cm³/mol. The summed E-state index contributed by atoms with van der Waals surface area (Å²) in [6.45, 7) is 6.38. The molecular weight excluding hydrogens is 458 g/mol. The SMILES string of the molecule is COc1cc2c(cc1OC)CN(C(=O)C(Cc1cn(C)c3ccccc13)NC(=O)OC(C)(C)C)CC2. The molecule has 1 aliphatic heterocycles. The number of benzene rings is 2. The van der Waals surface area contributed by atoms with Gasteiger partial charge in [0, 0.05) is 43.7 Å². The number of nitrogens with zero attached hydrogens (tertiary/aromatic N) is 2. The highest BCUT2D eigenvalue weighted by Gasteiger charge is 2.31. The lowest BCUT2D eigenvalue weighted by molar-refractivity contribution is -0.134. The van der Waals surface area contributed by atoms with E-state index >= 15 is 0 Å². The van der Waals surface area contributed by atoms with Crippen LogP contribution in [0.15, 0.2) is 42.6 Å². The van der Waals surface area contributed by atoms with Gasteiger partial charge >= 0.3 is 6.09 Å². The molecular formula is C28H35N3O5. The third kappa shape index (κ3) is 5.42. The van der Waals surface area contributed by atoms with E-state index in [-0.39, 0.29) is 5.91 Å². The molecule has 1 atom stereocenters. The molecule has 0 radical (unpaired) electrons. The van der Waals surface area contributed by atoms with Crippen molar-refractivity contribution in [2.24, 2.45) is 7.05 Å². The number of rotatable bonds is 6. The number of para-hydroxylation sites is 1. The van der Waals surface area contributed by atoms with Gasteiger partial charge in [-0.25, -0.2) is 4.79 Å². The average molecular weight is 494 g/mol. The maximum Gasteiger partial charge on any atom is 0.408 e. The van der Waals surface area contributed by atoms with Crippen molar-refractivity contribution >= 4 is 22.9 Å². The number of hydrogen-bond acceptors (Lipinski definition) is 5. The van der Waals surface area contributed by atoms with E-state index < -0.39 is 17.7 Å². The number of hydrogen-bond donors (Lipinski definition) is 1. The van der Waals surface area contributed by atoms with E-state index in [0.29, 0.717) is 37.4 Å². The van der Waals surface area contributed by atoms with E-state index in [9.17, 15) is 9.59 Å². The first-order valence-corrected chi connectivity index (χ1v) is 12.1. The molecule has 192 valence electrons. The molecule has 0 bridgehead atoms. The monoisotopic (exact) mass is 493 g/mol. The fourth-order valence-electron chi connectivity index (χ4n) is 4.75. The molecule has 0 spiro atoms. The van der Waals surface area contributed by atoms with E-state index in [1.165, 1.54) is 0 Å². The summed E-state index contributed by atoms with van der Waals surface area (Å²) in [5.74, 6) is 1.16. The summed E-state index contributed by atoms with van der Waals surface area (Å²) in [6.07, 6.45) is 2.46. The molecule has 8 nitrogen and oxygen atoms in total. The Kier molecular flexibility index (Phi) is 7.15. The predicted octanol–water partition coefficient (Wildman–Crippen LogP) is 4.22. The van der Waals surface area contributed by atoms with Crippen LogP contribution in [0.1, 0.15) is 37.5 Å². The molecule has 36 heavy (non-hydrogen) atoms. The van der Waals surface area contributed by atoms with E-state index in [1.807, 2.05) is 54.2 Å². The smallest absolute Gasteiger partial charge is 0.408 e. The van der Waals surface area contributed by atoms with E-state index in [4.69, 9.17) is 14.2 Å². The number of aromatic nitrogens is 1. The summed E-state index contributed by atoms with van der Waals surface area (Å²) in [4.78, 5) is 28.3. The van der Waals surface area contributed by atoms with Gasteiger partial charge in [0.2, 0.25) is 5.91 Å². The second kappa shape index (κ2) is 10.1. The Morgan fingerprint density at radius 2 is 1.72 bits per heavy atom. The normalized spacial score (nSPS) is 14.2. The van der Waals surface area contributed by atoms with Gasteiger partial charge in [0.25, 0.3) is 0 Å². The minimum atomic E-state index is -0.771. The van der Waals surface area contributed by atoms with Crippen molar-refractivity contribution < 1.29 is 23.8 Å². The van der Waals surface area contributed by atoms with Crippen LogP contribution in [-0.2, 0) is 36.0 Å². The largest absolute Gasteiger partial charge is 0.493 e. The van der Waals surface area contributed by atoms with Gasteiger partial charge < -0.3 is 29.0 Å². The van der Waals surface area contributed by atoms with Crippen molar-refractivity contribution in [3.05, 3.63) is 59.3 Å². The van der Waals surface area contributed by atoms with Crippen molar-refractivity contribution in [3.8, 4) is 11.5 Å². The van der Waals surface area contributed by atoms with Crippen LogP contribution in [0, 0.1) is 0 Å². The van der Waals surface area contributed by atoms with Crippen LogP contribution < -0.4 is 14.8 Å². The van der Waals surface area contributed by atoms with Gasteiger partial charge in [-0.1, -0.05) is 18.2 Å². The van der Waals surface area contributed by atoms with Crippen LogP contribution >= 0.6 is 0 Å². The zero-order valence-corrected chi connectivity index (χ0v) is 21.9. The number of nitrogens with one attached hydrogen (secondary N) is 1. The zero-order chi connectivity index (χ0) is 26.0. The summed E-state index contributed by atoms with van der Waals surface area (Å²) < 4.78 is 18.4. The molecule has 0 aliphatic carbocycles. The average Bonchev–Trinajstić information content (AvgIpc) is 3.16. The van der Waals surface area contributed by atoms with Gasteiger partial charge in [-0.15, -0.1) is 0 Å². The number of carbonyl (C=O) groups excluding carboxylic acids is 2. The van der Waals surface area contributed by atoms with E-state index in [0.717, 1.165) is 27.6 Å². The Labute approximate surface area is 212 Å². The Balaban J connectivity index is 1.61.